The van der Waals surface area contributed by atoms with Gasteiger partial charge in [0.1, 0.15) is 16.1 Å². The summed E-state index contributed by atoms with van der Waals surface area (Å²) in [5.74, 6) is -0.838. The third-order valence-corrected chi connectivity index (χ3v) is 11.0. The van der Waals surface area contributed by atoms with Crippen LogP contribution in [0.3, 0.4) is 0 Å². The molecule has 3 aromatic carbocycles. The number of esters is 1. The number of piperazine rings is 1. The van der Waals surface area contributed by atoms with E-state index in [1.54, 1.807) is 24.3 Å². The van der Waals surface area contributed by atoms with Gasteiger partial charge in [0, 0.05) is 42.0 Å². The van der Waals surface area contributed by atoms with Crippen molar-refractivity contribution in [3.05, 3.63) is 101 Å². The number of fused-ring (bicyclic) bond motifs is 1. The molecule has 1 atom stereocenters. The first-order valence-electron chi connectivity index (χ1n) is 13.6. The van der Waals surface area contributed by atoms with Crippen LogP contribution in [-0.2, 0) is 37.3 Å². The summed E-state index contributed by atoms with van der Waals surface area (Å²) in [6.45, 7) is 0.137. The van der Waals surface area contributed by atoms with Crippen molar-refractivity contribution in [3.8, 4) is 0 Å². The Bertz CT molecular complexity index is 1760. The molecule has 5 rings (SSSR count). The normalized spacial score (nSPS) is 15.9. The van der Waals surface area contributed by atoms with Crippen LogP contribution in [0.4, 0.5) is 0 Å². The highest BCUT2D eigenvalue weighted by Crippen LogP contribution is 2.33. The number of nitrogens with zero attached hydrogens (tertiary/aromatic N) is 3. The molecule has 0 bridgehead atoms. The predicted molar refractivity (Wildman–Crippen MR) is 168 cm³/mol. The number of likely N-dealkylation sites (N-methyl/N-ethyl adjacent to an activating group) is 1. The average Bonchev–Trinajstić information content (AvgIpc) is 3.45. The number of amides is 1. The Morgan fingerprint density at radius 3 is 2.49 bits per heavy atom. The molecule has 0 saturated carbocycles. The van der Waals surface area contributed by atoms with E-state index in [4.69, 9.17) is 21.7 Å². The molecule has 1 amide bonds. The van der Waals surface area contributed by atoms with Crippen LogP contribution in [0.15, 0.2) is 83.1 Å². The third-order valence-electron chi connectivity index (χ3n) is 7.45. The fourth-order valence-corrected chi connectivity index (χ4v) is 8.19. The second-order valence-electron chi connectivity index (χ2n) is 10.3. The standard InChI is InChI=1S/C31H31ClN4O5S2/c1-34(15-14-21-6-4-3-5-7-21)30(33)23-10-8-22(9-11-23)18-36-26(31(38)41-2)19-35(20-28(36)37)43(39,40)29-16-24-12-13-25(32)17-27(24)42-29/h3-13,16-17,26,33H,14-15,18-20H2,1-2H3/t26-/m1/s1. The van der Waals surface area contributed by atoms with E-state index in [9.17, 15) is 18.0 Å². The first kappa shape index (κ1) is 30.7. The Morgan fingerprint density at radius 2 is 1.79 bits per heavy atom. The maximum absolute atomic E-state index is 13.5. The van der Waals surface area contributed by atoms with E-state index in [0.29, 0.717) is 22.1 Å². The van der Waals surface area contributed by atoms with Crippen LogP contribution in [0.25, 0.3) is 10.1 Å². The average molecular weight is 639 g/mol. The Balaban J connectivity index is 1.28. The summed E-state index contributed by atoms with van der Waals surface area (Å²) in [5, 5.41) is 9.82. The van der Waals surface area contributed by atoms with E-state index < -0.39 is 34.5 Å². The number of sulfonamides is 1. The predicted octanol–water partition coefficient (Wildman–Crippen LogP) is 4.63. The van der Waals surface area contributed by atoms with Crippen LogP contribution in [0, 0.1) is 5.41 Å². The zero-order valence-electron chi connectivity index (χ0n) is 23.7. The maximum Gasteiger partial charge on any atom is 0.329 e. The molecule has 9 nitrogen and oxygen atoms in total. The summed E-state index contributed by atoms with van der Waals surface area (Å²) < 4.78 is 33.9. The number of nitrogens with one attached hydrogen (secondary N) is 1. The number of carbonyl (C=O) groups is 2. The highest BCUT2D eigenvalue weighted by atomic mass is 35.5. The van der Waals surface area contributed by atoms with E-state index in [-0.39, 0.29) is 17.3 Å². The second-order valence-corrected chi connectivity index (χ2v) is 14.0. The Kier molecular flexibility index (Phi) is 9.16. The van der Waals surface area contributed by atoms with Crippen molar-refractivity contribution in [1.82, 2.24) is 14.1 Å². The van der Waals surface area contributed by atoms with Crippen LogP contribution < -0.4 is 0 Å². The van der Waals surface area contributed by atoms with E-state index in [1.165, 1.54) is 17.6 Å². The Labute approximate surface area is 259 Å². The second kappa shape index (κ2) is 12.8. The van der Waals surface area contributed by atoms with Gasteiger partial charge in [-0.1, -0.05) is 72.3 Å². The number of benzene rings is 3. The van der Waals surface area contributed by atoms with Crippen LogP contribution in [0.5, 0.6) is 0 Å². The topological polar surface area (TPSA) is 111 Å². The van der Waals surface area contributed by atoms with Crippen molar-refractivity contribution in [2.75, 3.05) is 33.8 Å². The molecule has 0 unspecified atom stereocenters. The van der Waals surface area contributed by atoms with Gasteiger partial charge in [-0.15, -0.1) is 11.3 Å². The molecule has 0 aliphatic carbocycles. The summed E-state index contributed by atoms with van der Waals surface area (Å²) in [4.78, 5) is 29.4. The molecule has 12 heteroatoms. The molecular formula is C31H31ClN4O5S2. The number of rotatable bonds is 9. The fourth-order valence-electron chi connectivity index (χ4n) is 4.96. The van der Waals surface area contributed by atoms with E-state index >= 15 is 0 Å². The quantitative estimate of drug-likeness (QED) is 0.163. The lowest BCUT2D eigenvalue weighted by Gasteiger charge is -2.38. The SMILES string of the molecule is COC(=O)[C@H]1CN(S(=O)(=O)c2cc3ccc(Cl)cc3s2)CC(=O)N1Cc1ccc(C(=N)N(C)CCc2ccccc2)cc1. The number of carbonyl (C=O) groups excluding carboxylic acids is 2. The minimum absolute atomic E-state index is 0.0707. The molecule has 0 radical (unpaired) electrons. The molecule has 43 heavy (non-hydrogen) atoms. The minimum atomic E-state index is -4.06. The number of hydrogen-bond donors (Lipinski definition) is 1. The van der Waals surface area contributed by atoms with E-state index in [2.05, 4.69) is 12.1 Å². The van der Waals surface area contributed by atoms with Crippen molar-refractivity contribution in [2.24, 2.45) is 0 Å². The molecule has 1 saturated heterocycles. The van der Waals surface area contributed by atoms with Gasteiger partial charge in [0.2, 0.25) is 5.91 Å². The van der Waals surface area contributed by atoms with Gasteiger partial charge in [-0.2, -0.15) is 4.31 Å². The summed E-state index contributed by atoms with van der Waals surface area (Å²) in [6, 6.07) is 22.9. The van der Waals surface area contributed by atoms with Gasteiger partial charge in [0.25, 0.3) is 10.0 Å². The zero-order chi connectivity index (χ0) is 30.7. The number of halogens is 1. The van der Waals surface area contributed by atoms with Crippen LogP contribution in [0.1, 0.15) is 16.7 Å². The Hall–Kier alpha value is -3.77. The van der Waals surface area contributed by atoms with Gasteiger partial charge in [-0.3, -0.25) is 10.2 Å². The molecule has 1 aliphatic heterocycles. The zero-order valence-corrected chi connectivity index (χ0v) is 26.1. The molecular weight excluding hydrogens is 608 g/mol. The number of thiophene rings is 1. The lowest BCUT2D eigenvalue weighted by atomic mass is 10.1. The number of methoxy groups -OCH3 is 1. The molecule has 1 aromatic heterocycles. The lowest BCUT2D eigenvalue weighted by molar-refractivity contribution is -0.157. The summed E-state index contributed by atoms with van der Waals surface area (Å²) in [7, 11) is -0.975. The first-order valence-corrected chi connectivity index (χ1v) is 16.2. The number of hydrogen-bond acceptors (Lipinski definition) is 7. The van der Waals surface area contributed by atoms with Gasteiger partial charge >= 0.3 is 5.97 Å². The maximum atomic E-state index is 13.5. The largest absolute Gasteiger partial charge is 0.467 e. The van der Waals surface area contributed by atoms with Crippen molar-refractivity contribution in [2.45, 2.75) is 23.2 Å². The molecule has 2 heterocycles. The fraction of sp³-hybridized carbons (Fsp3) is 0.258. The molecule has 1 N–H and O–H groups in total. The monoisotopic (exact) mass is 638 g/mol. The molecule has 224 valence electrons. The van der Waals surface area contributed by atoms with Gasteiger partial charge in [-0.05, 0) is 41.1 Å². The van der Waals surface area contributed by atoms with E-state index in [0.717, 1.165) is 38.6 Å². The number of amidine groups is 1. The molecule has 1 fully saturated rings. The van der Waals surface area contributed by atoms with Gasteiger partial charge < -0.3 is 14.5 Å². The van der Waals surface area contributed by atoms with Gasteiger partial charge in [0.05, 0.1) is 13.7 Å². The molecule has 0 spiro atoms. The lowest BCUT2D eigenvalue weighted by Crippen LogP contribution is -2.60. The van der Waals surface area contributed by atoms with Crippen LogP contribution in [-0.4, -0.2) is 80.1 Å². The Morgan fingerprint density at radius 1 is 1.07 bits per heavy atom. The van der Waals surface area contributed by atoms with Gasteiger partial charge in [-0.25, -0.2) is 13.2 Å². The van der Waals surface area contributed by atoms with Crippen molar-refractivity contribution in [3.63, 3.8) is 0 Å². The van der Waals surface area contributed by atoms with Crippen molar-refractivity contribution < 1.29 is 22.7 Å². The minimum Gasteiger partial charge on any atom is -0.467 e. The summed E-state index contributed by atoms with van der Waals surface area (Å²) in [6.07, 6.45) is 0.813. The highest BCUT2D eigenvalue weighted by Gasteiger charge is 2.42. The van der Waals surface area contributed by atoms with Crippen molar-refractivity contribution in [1.29, 1.82) is 5.41 Å². The van der Waals surface area contributed by atoms with E-state index in [1.807, 2.05) is 54.4 Å². The van der Waals surface area contributed by atoms with Crippen LogP contribution in [0.2, 0.25) is 5.02 Å². The van der Waals surface area contributed by atoms with Crippen molar-refractivity contribution >= 4 is 60.8 Å². The third kappa shape index (κ3) is 6.75. The van der Waals surface area contributed by atoms with Crippen LogP contribution >= 0.6 is 22.9 Å². The smallest absolute Gasteiger partial charge is 0.329 e. The van der Waals surface area contributed by atoms with Gasteiger partial charge in [0.15, 0.2) is 0 Å². The molecule has 4 aromatic rings. The number of ether oxygens (including phenoxy) is 1. The highest BCUT2D eigenvalue weighted by molar-refractivity contribution is 7.91. The summed E-state index contributed by atoms with van der Waals surface area (Å²) >= 11 is 7.13. The molecule has 1 aliphatic rings. The first-order chi connectivity index (χ1) is 20.6. The summed E-state index contributed by atoms with van der Waals surface area (Å²) in [5.41, 5.74) is 2.66.